The van der Waals surface area contributed by atoms with Crippen LogP contribution in [0.5, 0.6) is 0 Å². The largest absolute Gasteiger partial charge is 0.381 e. The fourth-order valence-electron chi connectivity index (χ4n) is 4.84. The first-order valence-electron chi connectivity index (χ1n) is 9.67. The van der Waals surface area contributed by atoms with Gasteiger partial charge in [-0.3, -0.25) is 4.98 Å². The molecular formula is C23H26FNO. The summed E-state index contributed by atoms with van der Waals surface area (Å²) in [6.45, 7) is 0. The molecule has 0 aliphatic heterocycles. The lowest BCUT2D eigenvalue weighted by molar-refractivity contribution is 0.0779. The third-order valence-corrected chi connectivity index (χ3v) is 6.16. The van der Waals surface area contributed by atoms with Crippen molar-refractivity contribution < 1.29 is 9.13 Å². The molecule has 2 saturated carbocycles. The van der Waals surface area contributed by atoms with Crippen LogP contribution >= 0.6 is 0 Å². The number of aromatic nitrogens is 1. The Morgan fingerprint density at radius 3 is 2.77 bits per heavy atom. The number of benzene rings is 1. The maximum atomic E-state index is 13.4. The zero-order valence-corrected chi connectivity index (χ0v) is 15.3. The van der Waals surface area contributed by atoms with Crippen LogP contribution in [0, 0.1) is 23.6 Å². The van der Waals surface area contributed by atoms with E-state index in [0.29, 0.717) is 12.0 Å². The van der Waals surface area contributed by atoms with Crippen LogP contribution < -0.4 is 0 Å². The SMILES string of the molecule is CO[C@H]1C[C@H]2CCCC[C@H]2[C@@H]1C=Cc1ccc(-c2cccc(F)c2)cn1. The van der Waals surface area contributed by atoms with Crippen molar-refractivity contribution in [3.63, 3.8) is 0 Å². The summed E-state index contributed by atoms with van der Waals surface area (Å²) in [5.74, 6) is 1.86. The maximum Gasteiger partial charge on any atom is 0.123 e. The van der Waals surface area contributed by atoms with Crippen molar-refractivity contribution in [3.8, 4) is 11.1 Å². The minimum atomic E-state index is -0.222. The van der Waals surface area contributed by atoms with Crippen LogP contribution in [0.2, 0.25) is 0 Å². The Balaban J connectivity index is 1.49. The number of methoxy groups -OCH3 is 1. The topological polar surface area (TPSA) is 22.1 Å². The molecule has 0 N–H and O–H groups in total. The van der Waals surface area contributed by atoms with Gasteiger partial charge in [-0.1, -0.05) is 43.5 Å². The number of nitrogens with zero attached hydrogens (tertiary/aromatic N) is 1. The lowest BCUT2D eigenvalue weighted by Crippen LogP contribution is -2.21. The molecule has 4 atom stereocenters. The number of hydrogen-bond donors (Lipinski definition) is 0. The lowest BCUT2D eigenvalue weighted by Gasteiger charge is -2.28. The highest BCUT2D eigenvalue weighted by molar-refractivity contribution is 5.63. The smallest absolute Gasteiger partial charge is 0.123 e. The summed E-state index contributed by atoms with van der Waals surface area (Å²) >= 11 is 0. The van der Waals surface area contributed by atoms with Crippen molar-refractivity contribution in [2.75, 3.05) is 7.11 Å². The van der Waals surface area contributed by atoms with Crippen LogP contribution in [-0.2, 0) is 4.74 Å². The zero-order chi connectivity index (χ0) is 17.9. The van der Waals surface area contributed by atoms with E-state index in [2.05, 4.69) is 17.1 Å². The molecule has 2 aliphatic rings. The van der Waals surface area contributed by atoms with Crippen LogP contribution in [-0.4, -0.2) is 18.2 Å². The second-order valence-electron chi connectivity index (χ2n) is 7.64. The molecule has 2 aliphatic carbocycles. The normalized spacial score (nSPS) is 28.4. The van der Waals surface area contributed by atoms with E-state index in [1.807, 2.05) is 31.5 Å². The minimum absolute atomic E-state index is 0.222. The van der Waals surface area contributed by atoms with Crippen molar-refractivity contribution in [3.05, 3.63) is 60.2 Å². The molecule has 0 unspecified atom stereocenters. The summed E-state index contributed by atoms with van der Waals surface area (Å²) in [7, 11) is 1.84. The predicted molar refractivity (Wildman–Crippen MR) is 103 cm³/mol. The second kappa shape index (κ2) is 7.71. The van der Waals surface area contributed by atoms with E-state index >= 15 is 0 Å². The van der Waals surface area contributed by atoms with E-state index in [4.69, 9.17) is 4.74 Å². The monoisotopic (exact) mass is 351 g/mol. The van der Waals surface area contributed by atoms with Crippen molar-refractivity contribution in [2.45, 2.75) is 38.2 Å². The van der Waals surface area contributed by atoms with Gasteiger partial charge in [-0.2, -0.15) is 0 Å². The molecule has 136 valence electrons. The van der Waals surface area contributed by atoms with E-state index in [0.717, 1.165) is 28.7 Å². The molecule has 0 amide bonds. The van der Waals surface area contributed by atoms with E-state index in [1.165, 1.54) is 44.2 Å². The third-order valence-electron chi connectivity index (χ3n) is 6.16. The molecule has 4 rings (SSSR count). The Kier molecular flexibility index (Phi) is 5.16. The standard InChI is InChI=1S/C23H26FNO/c1-26-23-14-17-5-2-3-8-21(17)22(23)12-11-20-10-9-18(15-25-20)16-6-4-7-19(24)13-16/h4,6-7,9-13,15,17,21-23H,2-3,5,8,14H2,1H3/t17-,21-,22+,23+/m1/s1. The van der Waals surface area contributed by atoms with Crippen molar-refractivity contribution >= 4 is 6.08 Å². The Bertz CT molecular complexity index is 770. The van der Waals surface area contributed by atoms with Crippen LogP contribution in [0.3, 0.4) is 0 Å². The number of ether oxygens (including phenoxy) is 1. The van der Waals surface area contributed by atoms with E-state index in [-0.39, 0.29) is 5.82 Å². The maximum absolute atomic E-state index is 13.4. The molecule has 2 aromatic rings. The number of fused-ring (bicyclic) bond motifs is 1. The van der Waals surface area contributed by atoms with Crippen LogP contribution in [0.4, 0.5) is 4.39 Å². The third kappa shape index (κ3) is 3.59. The number of hydrogen-bond acceptors (Lipinski definition) is 2. The van der Waals surface area contributed by atoms with Gasteiger partial charge in [-0.05, 0) is 54.5 Å². The number of pyridine rings is 1. The Morgan fingerprint density at radius 1 is 1.12 bits per heavy atom. The molecule has 1 heterocycles. The van der Waals surface area contributed by atoms with Gasteiger partial charge in [-0.15, -0.1) is 0 Å². The van der Waals surface area contributed by atoms with Gasteiger partial charge in [0.15, 0.2) is 0 Å². The summed E-state index contributed by atoms with van der Waals surface area (Å²) in [5.41, 5.74) is 2.73. The van der Waals surface area contributed by atoms with Gasteiger partial charge in [0.2, 0.25) is 0 Å². The summed E-state index contributed by atoms with van der Waals surface area (Å²) in [5, 5.41) is 0. The Hall–Kier alpha value is -2.00. The molecule has 1 aromatic carbocycles. The molecule has 2 fully saturated rings. The summed E-state index contributed by atoms with van der Waals surface area (Å²) in [6, 6.07) is 10.6. The molecule has 2 nitrogen and oxygen atoms in total. The van der Waals surface area contributed by atoms with E-state index in [9.17, 15) is 4.39 Å². The summed E-state index contributed by atoms with van der Waals surface area (Å²) in [6.07, 6.45) is 13.2. The first-order valence-corrected chi connectivity index (χ1v) is 9.67. The summed E-state index contributed by atoms with van der Waals surface area (Å²) in [4.78, 5) is 4.55. The van der Waals surface area contributed by atoms with Crippen molar-refractivity contribution in [2.24, 2.45) is 17.8 Å². The van der Waals surface area contributed by atoms with Crippen molar-refractivity contribution in [1.82, 2.24) is 4.98 Å². The highest BCUT2D eigenvalue weighted by atomic mass is 19.1. The highest BCUT2D eigenvalue weighted by Gasteiger charge is 2.42. The van der Waals surface area contributed by atoms with Gasteiger partial charge in [0.05, 0.1) is 11.8 Å². The molecule has 26 heavy (non-hydrogen) atoms. The molecule has 0 radical (unpaired) electrons. The molecule has 0 spiro atoms. The van der Waals surface area contributed by atoms with Crippen LogP contribution in [0.25, 0.3) is 17.2 Å². The average Bonchev–Trinajstić information content (AvgIpc) is 3.04. The zero-order valence-electron chi connectivity index (χ0n) is 15.3. The van der Waals surface area contributed by atoms with Crippen LogP contribution in [0.1, 0.15) is 37.8 Å². The van der Waals surface area contributed by atoms with E-state index in [1.54, 1.807) is 6.07 Å². The van der Waals surface area contributed by atoms with Gasteiger partial charge < -0.3 is 4.74 Å². The van der Waals surface area contributed by atoms with Gasteiger partial charge in [0.1, 0.15) is 5.82 Å². The molecule has 1 aromatic heterocycles. The Labute approximate surface area is 155 Å². The van der Waals surface area contributed by atoms with Crippen molar-refractivity contribution in [1.29, 1.82) is 0 Å². The summed E-state index contributed by atoms with van der Waals surface area (Å²) < 4.78 is 19.2. The average molecular weight is 351 g/mol. The minimum Gasteiger partial charge on any atom is -0.381 e. The molecule has 3 heteroatoms. The van der Waals surface area contributed by atoms with Gasteiger partial charge >= 0.3 is 0 Å². The first-order chi connectivity index (χ1) is 12.7. The lowest BCUT2D eigenvalue weighted by atomic mass is 9.78. The Morgan fingerprint density at radius 2 is 2.00 bits per heavy atom. The fourth-order valence-corrected chi connectivity index (χ4v) is 4.84. The molecular weight excluding hydrogens is 325 g/mol. The van der Waals surface area contributed by atoms with Gasteiger partial charge in [0, 0.05) is 24.8 Å². The quantitative estimate of drug-likeness (QED) is 0.700. The van der Waals surface area contributed by atoms with E-state index < -0.39 is 0 Å². The predicted octanol–water partition coefficient (Wildman–Crippen LogP) is 5.74. The number of rotatable bonds is 4. The fraction of sp³-hybridized carbons (Fsp3) is 0.435. The second-order valence-corrected chi connectivity index (χ2v) is 7.64. The van der Waals surface area contributed by atoms with Gasteiger partial charge in [0.25, 0.3) is 0 Å². The molecule has 0 saturated heterocycles. The highest BCUT2D eigenvalue weighted by Crippen LogP contribution is 2.47. The number of halogens is 1. The van der Waals surface area contributed by atoms with Crippen LogP contribution in [0.15, 0.2) is 48.7 Å². The van der Waals surface area contributed by atoms with Gasteiger partial charge in [-0.25, -0.2) is 4.39 Å². The first kappa shape index (κ1) is 17.4. The molecule has 0 bridgehead atoms.